The maximum atomic E-state index is 5.82. The van der Waals surface area contributed by atoms with Crippen molar-refractivity contribution in [1.29, 1.82) is 0 Å². The number of anilines is 1. The van der Waals surface area contributed by atoms with Gasteiger partial charge in [-0.3, -0.25) is 4.99 Å². The summed E-state index contributed by atoms with van der Waals surface area (Å²) < 4.78 is 1.90. The second-order valence-electron chi connectivity index (χ2n) is 6.45. The number of aromatic nitrogens is 3. The van der Waals surface area contributed by atoms with Crippen LogP contribution in [-0.2, 0) is 0 Å². The largest absolute Gasteiger partial charge is 0.399 e. The molecule has 4 aromatic rings. The van der Waals surface area contributed by atoms with Crippen LogP contribution in [0.15, 0.2) is 71.7 Å². The monoisotopic (exact) mass is 354 g/mol. The summed E-state index contributed by atoms with van der Waals surface area (Å²) in [5, 5.41) is 8.14. The Bertz CT molecular complexity index is 1140. The second kappa shape index (κ2) is 6.25. The molecular weight excluding hydrogens is 336 g/mol. The first kappa shape index (κ1) is 15.6. The van der Waals surface area contributed by atoms with Gasteiger partial charge in [0.25, 0.3) is 0 Å². The van der Waals surface area contributed by atoms with Crippen molar-refractivity contribution < 1.29 is 0 Å². The van der Waals surface area contributed by atoms with Crippen LogP contribution in [0.5, 0.6) is 0 Å². The molecule has 0 bridgehead atoms. The fourth-order valence-corrected chi connectivity index (χ4v) is 3.31. The number of nitrogen functional groups attached to an aromatic ring is 1. The molecule has 0 spiro atoms. The van der Waals surface area contributed by atoms with E-state index in [1.165, 1.54) is 0 Å². The zero-order chi connectivity index (χ0) is 18.2. The van der Waals surface area contributed by atoms with Gasteiger partial charge >= 0.3 is 0 Å². The molecule has 2 aromatic heterocycles. The summed E-state index contributed by atoms with van der Waals surface area (Å²) in [7, 11) is 0. The lowest BCUT2D eigenvalue weighted by molar-refractivity contribution is 0.956. The number of nitrogens with zero attached hydrogens (tertiary/aromatic N) is 4. The van der Waals surface area contributed by atoms with Gasteiger partial charge in [0.1, 0.15) is 5.84 Å². The molecule has 0 radical (unpaired) electrons. The van der Waals surface area contributed by atoms with Crippen molar-refractivity contribution in [3.63, 3.8) is 0 Å². The summed E-state index contributed by atoms with van der Waals surface area (Å²) in [6.07, 6.45) is 0. The minimum Gasteiger partial charge on any atom is -0.399 e. The number of hydrogen-bond donors (Lipinski definition) is 2. The molecule has 0 saturated carbocycles. The molecule has 0 atom stereocenters. The maximum Gasteiger partial charge on any atom is 0.182 e. The summed E-state index contributed by atoms with van der Waals surface area (Å²) in [5.41, 5.74) is 11.3. The highest BCUT2D eigenvalue weighted by molar-refractivity contribution is 6.05. The van der Waals surface area contributed by atoms with Crippen molar-refractivity contribution in [3.8, 4) is 22.6 Å². The first-order valence-electron chi connectivity index (χ1n) is 8.89. The summed E-state index contributed by atoms with van der Waals surface area (Å²) in [6.45, 7) is 1.63. The quantitative estimate of drug-likeness (QED) is 0.554. The highest BCUT2D eigenvalue weighted by Gasteiger charge is 2.18. The zero-order valence-electron chi connectivity index (χ0n) is 14.6. The first-order valence-corrected chi connectivity index (χ1v) is 8.89. The van der Waals surface area contributed by atoms with E-state index >= 15 is 0 Å². The Morgan fingerprint density at radius 1 is 0.889 bits per heavy atom. The van der Waals surface area contributed by atoms with Crippen molar-refractivity contribution in [2.24, 2.45) is 4.99 Å². The molecule has 6 nitrogen and oxygen atoms in total. The normalized spacial score (nSPS) is 13.6. The van der Waals surface area contributed by atoms with Crippen LogP contribution in [0.1, 0.15) is 5.56 Å². The van der Waals surface area contributed by atoms with Crippen LogP contribution in [-0.4, -0.2) is 33.5 Å². The highest BCUT2D eigenvalue weighted by Crippen LogP contribution is 2.26. The predicted molar refractivity (Wildman–Crippen MR) is 108 cm³/mol. The number of hydrogen-bond acceptors (Lipinski definition) is 5. The molecule has 1 aliphatic rings. The van der Waals surface area contributed by atoms with E-state index in [2.05, 4.69) is 34.6 Å². The Balaban J connectivity index is 1.75. The van der Waals surface area contributed by atoms with E-state index in [1.807, 2.05) is 47.0 Å². The van der Waals surface area contributed by atoms with E-state index in [-0.39, 0.29) is 0 Å². The van der Waals surface area contributed by atoms with Crippen molar-refractivity contribution in [1.82, 2.24) is 19.9 Å². The summed E-state index contributed by atoms with van der Waals surface area (Å²) >= 11 is 0. The van der Waals surface area contributed by atoms with Gasteiger partial charge in [0.2, 0.25) is 0 Å². The van der Waals surface area contributed by atoms with Crippen LogP contribution < -0.4 is 11.1 Å². The lowest BCUT2D eigenvalue weighted by Gasteiger charge is -2.08. The van der Waals surface area contributed by atoms with E-state index in [4.69, 9.17) is 15.8 Å². The number of benzene rings is 2. The van der Waals surface area contributed by atoms with Crippen LogP contribution in [0.25, 0.3) is 28.3 Å². The van der Waals surface area contributed by atoms with Gasteiger partial charge in [-0.05, 0) is 36.4 Å². The van der Waals surface area contributed by atoms with Gasteiger partial charge in [-0.15, -0.1) is 5.10 Å². The number of fused-ring (bicyclic) bond motifs is 1. The minimum atomic E-state index is 0.665. The van der Waals surface area contributed by atoms with Gasteiger partial charge in [0.05, 0.1) is 17.8 Å². The van der Waals surface area contributed by atoms with Gasteiger partial charge in [-0.25, -0.2) is 9.50 Å². The molecule has 1 aliphatic heterocycles. The van der Waals surface area contributed by atoms with Gasteiger partial charge in [-0.2, -0.15) is 0 Å². The number of pyridine rings is 1. The SMILES string of the molecule is Nc1ccc(-c2nc3c(C4=NCCN4)ccc(-c4ccccc4)n3n2)cc1. The van der Waals surface area contributed by atoms with Crippen LogP contribution in [0.2, 0.25) is 0 Å². The molecule has 27 heavy (non-hydrogen) atoms. The summed E-state index contributed by atoms with van der Waals surface area (Å²) in [4.78, 5) is 9.39. The van der Waals surface area contributed by atoms with Crippen molar-refractivity contribution in [2.45, 2.75) is 0 Å². The van der Waals surface area contributed by atoms with Crippen molar-refractivity contribution >= 4 is 17.2 Å². The standard InChI is InChI=1S/C21H18N6/c22-16-8-6-15(7-9-16)19-25-21-17(20-23-12-13-24-20)10-11-18(27(21)26-19)14-4-2-1-3-5-14/h1-11H,12-13,22H2,(H,23,24). The number of nitrogens with two attached hydrogens (primary N) is 1. The third-order valence-electron chi connectivity index (χ3n) is 4.65. The molecule has 0 saturated heterocycles. The molecule has 3 N–H and O–H groups in total. The molecule has 6 heteroatoms. The van der Waals surface area contributed by atoms with Crippen LogP contribution in [0, 0.1) is 0 Å². The molecular formula is C21H18N6. The number of nitrogens with one attached hydrogen (secondary N) is 1. The molecule has 0 fully saturated rings. The third kappa shape index (κ3) is 2.71. The molecule has 0 amide bonds. The Hall–Kier alpha value is -3.67. The Kier molecular flexibility index (Phi) is 3.60. The van der Waals surface area contributed by atoms with E-state index < -0.39 is 0 Å². The van der Waals surface area contributed by atoms with Gasteiger partial charge in [0.15, 0.2) is 11.5 Å². The number of amidine groups is 1. The maximum absolute atomic E-state index is 5.82. The second-order valence-corrected chi connectivity index (χ2v) is 6.45. The minimum absolute atomic E-state index is 0.665. The zero-order valence-corrected chi connectivity index (χ0v) is 14.6. The van der Waals surface area contributed by atoms with Crippen LogP contribution >= 0.6 is 0 Å². The molecule has 3 heterocycles. The van der Waals surface area contributed by atoms with E-state index in [0.717, 1.165) is 52.6 Å². The van der Waals surface area contributed by atoms with Gasteiger partial charge < -0.3 is 11.1 Å². The van der Waals surface area contributed by atoms with Crippen molar-refractivity contribution in [2.75, 3.05) is 18.8 Å². The molecule has 132 valence electrons. The van der Waals surface area contributed by atoms with Crippen molar-refractivity contribution in [3.05, 3.63) is 72.3 Å². The molecule has 0 unspecified atom stereocenters. The predicted octanol–water partition coefficient (Wildman–Crippen LogP) is 3.00. The molecule has 2 aromatic carbocycles. The van der Waals surface area contributed by atoms with Crippen LogP contribution in [0.3, 0.4) is 0 Å². The number of aliphatic imine (C=N–C) groups is 1. The van der Waals surface area contributed by atoms with E-state index in [9.17, 15) is 0 Å². The topological polar surface area (TPSA) is 80.6 Å². The first-order chi connectivity index (χ1) is 13.3. The van der Waals surface area contributed by atoms with E-state index in [0.29, 0.717) is 5.82 Å². The number of rotatable bonds is 3. The Morgan fingerprint density at radius 3 is 2.44 bits per heavy atom. The molecule has 5 rings (SSSR count). The summed E-state index contributed by atoms with van der Waals surface area (Å²) in [5.74, 6) is 1.54. The van der Waals surface area contributed by atoms with Crippen LogP contribution in [0.4, 0.5) is 5.69 Å². The van der Waals surface area contributed by atoms with Gasteiger partial charge in [0, 0.05) is 23.4 Å². The lowest BCUT2D eigenvalue weighted by Crippen LogP contribution is -2.20. The Labute approximate surface area is 156 Å². The average Bonchev–Trinajstić information content (AvgIpc) is 3.39. The molecule has 0 aliphatic carbocycles. The average molecular weight is 354 g/mol. The fourth-order valence-electron chi connectivity index (χ4n) is 3.31. The highest BCUT2D eigenvalue weighted by atomic mass is 15.3. The lowest BCUT2D eigenvalue weighted by atomic mass is 10.1. The summed E-state index contributed by atoms with van der Waals surface area (Å²) in [6, 6.07) is 21.9. The fraction of sp³-hybridized carbons (Fsp3) is 0.0952. The Morgan fingerprint density at radius 2 is 1.70 bits per heavy atom. The smallest absolute Gasteiger partial charge is 0.182 e. The van der Waals surface area contributed by atoms with Gasteiger partial charge in [-0.1, -0.05) is 30.3 Å². The van der Waals surface area contributed by atoms with E-state index in [1.54, 1.807) is 0 Å². The third-order valence-corrected chi connectivity index (χ3v) is 4.65.